The topological polar surface area (TPSA) is 81.4 Å². The summed E-state index contributed by atoms with van der Waals surface area (Å²) >= 11 is 0. The van der Waals surface area contributed by atoms with Crippen molar-refractivity contribution in [1.29, 1.82) is 0 Å². The van der Waals surface area contributed by atoms with E-state index in [1.165, 1.54) is 0 Å². The van der Waals surface area contributed by atoms with Crippen molar-refractivity contribution >= 4 is 6.29 Å². The van der Waals surface area contributed by atoms with Gasteiger partial charge in [-0.2, -0.15) is 0 Å². The Kier molecular flexibility index (Phi) is 9.35. The molecule has 0 saturated carbocycles. The molecule has 0 bridgehead atoms. The summed E-state index contributed by atoms with van der Waals surface area (Å²) in [7, 11) is 0. The molecule has 7 heteroatoms. The summed E-state index contributed by atoms with van der Waals surface area (Å²) in [5.74, 6) is 2.60. The fourth-order valence-corrected chi connectivity index (χ4v) is 3.50. The number of carbonyl (C=O) groups excluding carboxylic acids is 1. The third-order valence-electron chi connectivity index (χ3n) is 4.93. The van der Waals surface area contributed by atoms with Gasteiger partial charge in [0.05, 0.1) is 26.0 Å². The molecule has 7 nitrogen and oxygen atoms in total. The minimum absolute atomic E-state index is 0.0717. The Labute approximate surface area is 194 Å². The highest BCUT2D eigenvalue weighted by molar-refractivity contribution is 5.76. The van der Waals surface area contributed by atoms with Crippen molar-refractivity contribution in [2.24, 2.45) is 0 Å². The number of hydrogen-bond donors (Lipinski definition) is 1. The lowest BCUT2D eigenvalue weighted by atomic mass is 10.1. The largest absolute Gasteiger partial charge is 0.494 e. The second kappa shape index (κ2) is 12.7. The summed E-state index contributed by atoms with van der Waals surface area (Å²) in [4.78, 5) is 13.1. The number of ether oxygens (including phenoxy) is 3. The average Bonchev–Trinajstić information content (AvgIpc) is 3.33. The van der Waals surface area contributed by atoms with Crippen LogP contribution in [0.3, 0.4) is 0 Å². The SMILES string of the molecule is CCOc1ccccc1CN(Cc1ccco1)CC(O)COc1ccc(C=O)cc1OCC. The number of carbonyl (C=O) groups is 1. The third kappa shape index (κ3) is 7.37. The summed E-state index contributed by atoms with van der Waals surface area (Å²) in [6.07, 6.45) is 1.63. The Morgan fingerprint density at radius 2 is 1.73 bits per heavy atom. The number of aldehydes is 1. The number of aliphatic hydroxyl groups is 1. The number of furan rings is 1. The van der Waals surface area contributed by atoms with E-state index in [1.807, 2.05) is 50.2 Å². The first-order chi connectivity index (χ1) is 16.1. The van der Waals surface area contributed by atoms with Crippen molar-refractivity contribution in [1.82, 2.24) is 4.90 Å². The van der Waals surface area contributed by atoms with Gasteiger partial charge >= 0.3 is 0 Å². The van der Waals surface area contributed by atoms with Gasteiger partial charge in [0.2, 0.25) is 0 Å². The number of para-hydroxylation sites is 1. The van der Waals surface area contributed by atoms with Gasteiger partial charge in [0.1, 0.15) is 30.5 Å². The highest BCUT2D eigenvalue weighted by Crippen LogP contribution is 2.28. The van der Waals surface area contributed by atoms with E-state index < -0.39 is 6.10 Å². The van der Waals surface area contributed by atoms with Gasteiger partial charge in [0.25, 0.3) is 0 Å². The van der Waals surface area contributed by atoms with Gasteiger partial charge in [-0.1, -0.05) is 18.2 Å². The van der Waals surface area contributed by atoms with E-state index in [9.17, 15) is 9.90 Å². The van der Waals surface area contributed by atoms with Crippen LogP contribution in [0.4, 0.5) is 0 Å². The van der Waals surface area contributed by atoms with Crippen LogP contribution in [-0.4, -0.2) is 48.8 Å². The fraction of sp³-hybridized carbons (Fsp3) is 0.346. The molecule has 0 spiro atoms. The van der Waals surface area contributed by atoms with Gasteiger partial charge in [-0.05, 0) is 50.2 Å². The van der Waals surface area contributed by atoms with Crippen LogP contribution in [0.1, 0.15) is 35.5 Å². The number of aliphatic hydroxyl groups excluding tert-OH is 1. The molecule has 1 unspecified atom stereocenters. The van der Waals surface area contributed by atoms with Gasteiger partial charge in [-0.15, -0.1) is 0 Å². The van der Waals surface area contributed by atoms with Crippen molar-refractivity contribution < 1.29 is 28.5 Å². The zero-order chi connectivity index (χ0) is 23.5. The van der Waals surface area contributed by atoms with Crippen LogP contribution in [0.5, 0.6) is 17.2 Å². The van der Waals surface area contributed by atoms with E-state index in [4.69, 9.17) is 18.6 Å². The predicted molar refractivity (Wildman–Crippen MR) is 125 cm³/mol. The van der Waals surface area contributed by atoms with Crippen molar-refractivity contribution in [3.63, 3.8) is 0 Å². The van der Waals surface area contributed by atoms with Crippen LogP contribution in [0.25, 0.3) is 0 Å². The lowest BCUT2D eigenvalue weighted by Gasteiger charge is -2.25. The first kappa shape index (κ1) is 24.4. The lowest BCUT2D eigenvalue weighted by Crippen LogP contribution is -2.35. The first-order valence-corrected chi connectivity index (χ1v) is 11.1. The fourth-order valence-electron chi connectivity index (χ4n) is 3.50. The summed E-state index contributed by atoms with van der Waals surface area (Å²) in [5.41, 5.74) is 1.53. The van der Waals surface area contributed by atoms with E-state index in [2.05, 4.69) is 4.90 Å². The highest BCUT2D eigenvalue weighted by Gasteiger charge is 2.17. The van der Waals surface area contributed by atoms with Crippen LogP contribution < -0.4 is 14.2 Å². The molecular formula is C26H31NO6. The van der Waals surface area contributed by atoms with Crippen LogP contribution >= 0.6 is 0 Å². The van der Waals surface area contributed by atoms with Crippen LogP contribution in [0, 0.1) is 0 Å². The monoisotopic (exact) mass is 453 g/mol. The van der Waals surface area contributed by atoms with Crippen LogP contribution in [-0.2, 0) is 13.1 Å². The second-order valence-corrected chi connectivity index (χ2v) is 7.51. The Balaban J connectivity index is 1.68. The van der Waals surface area contributed by atoms with Crippen molar-refractivity contribution in [3.8, 4) is 17.2 Å². The lowest BCUT2D eigenvalue weighted by molar-refractivity contribution is 0.0590. The van der Waals surface area contributed by atoms with E-state index in [1.54, 1.807) is 24.5 Å². The Bertz CT molecular complexity index is 988. The van der Waals surface area contributed by atoms with Gasteiger partial charge in [-0.3, -0.25) is 9.69 Å². The molecule has 0 aliphatic carbocycles. The van der Waals surface area contributed by atoms with E-state index in [0.717, 1.165) is 23.4 Å². The molecule has 0 saturated heterocycles. The van der Waals surface area contributed by atoms with E-state index in [-0.39, 0.29) is 6.61 Å². The van der Waals surface area contributed by atoms with Gasteiger partial charge in [0.15, 0.2) is 11.5 Å². The molecule has 0 aliphatic rings. The number of benzene rings is 2. The maximum absolute atomic E-state index is 11.0. The zero-order valence-electron chi connectivity index (χ0n) is 19.1. The molecule has 0 radical (unpaired) electrons. The van der Waals surface area contributed by atoms with Crippen molar-refractivity contribution in [3.05, 3.63) is 77.7 Å². The van der Waals surface area contributed by atoms with Crippen LogP contribution in [0.2, 0.25) is 0 Å². The smallest absolute Gasteiger partial charge is 0.161 e. The number of rotatable bonds is 14. The molecular weight excluding hydrogens is 422 g/mol. The molecule has 1 N–H and O–H groups in total. The normalized spacial score (nSPS) is 11.9. The average molecular weight is 454 g/mol. The maximum atomic E-state index is 11.0. The first-order valence-electron chi connectivity index (χ1n) is 11.1. The predicted octanol–water partition coefficient (Wildman–Crippen LogP) is 4.33. The standard InChI is InChI=1S/C26H31NO6/c1-3-30-24-10-6-5-8-21(24)15-27(17-23-9-7-13-32-23)16-22(29)19-33-25-12-11-20(18-28)14-26(25)31-4-2/h5-14,18,22,29H,3-4,15-17,19H2,1-2H3. The molecule has 176 valence electrons. The summed E-state index contributed by atoms with van der Waals surface area (Å²) in [6.45, 7) is 6.37. The molecule has 1 heterocycles. The Morgan fingerprint density at radius 3 is 2.45 bits per heavy atom. The molecule has 1 aromatic heterocycles. The summed E-state index contributed by atoms with van der Waals surface area (Å²) in [5, 5.41) is 10.8. The number of hydrogen-bond acceptors (Lipinski definition) is 7. The molecule has 33 heavy (non-hydrogen) atoms. The summed E-state index contributed by atoms with van der Waals surface area (Å²) in [6, 6.07) is 16.6. The second-order valence-electron chi connectivity index (χ2n) is 7.51. The van der Waals surface area contributed by atoms with Gasteiger partial charge in [0, 0.05) is 24.2 Å². The quantitative estimate of drug-likeness (QED) is 0.364. The Morgan fingerprint density at radius 1 is 0.939 bits per heavy atom. The van der Waals surface area contributed by atoms with Gasteiger partial charge < -0.3 is 23.7 Å². The molecule has 3 aromatic rings. The van der Waals surface area contributed by atoms with Crippen LogP contribution in [0.15, 0.2) is 65.3 Å². The highest BCUT2D eigenvalue weighted by atomic mass is 16.5. The maximum Gasteiger partial charge on any atom is 0.161 e. The molecule has 3 rings (SSSR count). The van der Waals surface area contributed by atoms with Gasteiger partial charge in [-0.25, -0.2) is 0 Å². The molecule has 0 amide bonds. The molecule has 0 aliphatic heterocycles. The summed E-state index contributed by atoms with van der Waals surface area (Å²) < 4.78 is 22.7. The Hall–Kier alpha value is -3.29. The van der Waals surface area contributed by atoms with E-state index in [0.29, 0.717) is 49.9 Å². The minimum atomic E-state index is -0.764. The minimum Gasteiger partial charge on any atom is -0.494 e. The molecule has 1 atom stereocenters. The van der Waals surface area contributed by atoms with E-state index >= 15 is 0 Å². The zero-order valence-corrected chi connectivity index (χ0v) is 19.1. The molecule has 2 aromatic carbocycles. The number of nitrogens with zero attached hydrogens (tertiary/aromatic N) is 1. The molecule has 0 fully saturated rings. The third-order valence-corrected chi connectivity index (χ3v) is 4.93. The van der Waals surface area contributed by atoms with Crippen molar-refractivity contribution in [2.75, 3.05) is 26.4 Å². The van der Waals surface area contributed by atoms with Crippen molar-refractivity contribution in [2.45, 2.75) is 33.0 Å².